The Morgan fingerprint density at radius 1 is 1.28 bits per heavy atom. The first-order valence-corrected chi connectivity index (χ1v) is 7.70. The number of nitrogens with one attached hydrogen (secondary N) is 1. The summed E-state index contributed by atoms with van der Waals surface area (Å²) in [4.78, 5) is 20.0. The van der Waals surface area contributed by atoms with Crippen LogP contribution in [0.3, 0.4) is 0 Å². The third kappa shape index (κ3) is 3.38. The summed E-state index contributed by atoms with van der Waals surface area (Å²) < 4.78 is 43.9. The van der Waals surface area contributed by atoms with E-state index in [0.29, 0.717) is 11.8 Å². The number of hydrogen-bond donors (Lipinski definition) is 2. The molecule has 1 aromatic heterocycles. The van der Waals surface area contributed by atoms with E-state index in [1.807, 2.05) is 0 Å². The number of anilines is 1. The molecule has 10 heteroatoms. The molecule has 1 aromatic carbocycles. The topological polar surface area (TPSA) is 90.1 Å². The van der Waals surface area contributed by atoms with Crippen LogP contribution in [-0.4, -0.2) is 23.0 Å². The van der Waals surface area contributed by atoms with Crippen molar-refractivity contribution in [3.05, 3.63) is 46.9 Å². The van der Waals surface area contributed by atoms with Gasteiger partial charge < -0.3 is 15.8 Å². The maximum absolute atomic E-state index is 13.0. The van der Waals surface area contributed by atoms with E-state index < -0.39 is 23.6 Å². The van der Waals surface area contributed by atoms with Crippen LogP contribution in [0.4, 0.5) is 18.9 Å². The number of para-hydroxylation sites is 1. The van der Waals surface area contributed by atoms with Crippen molar-refractivity contribution >= 4 is 28.9 Å². The number of amides is 1. The van der Waals surface area contributed by atoms with Gasteiger partial charge in [-0.15, -0.1) is 0 Å². The summed E-state index contributed by atoms with van der Waals surface area (Å²) >= 11 is 1.16. The average Bonchev–Trinajstić information content (AvgIpc) is 2.96. The number of ether oxygens (including phenoxy) is 1. The van der Waals surface area contributed by atoms with Crippen LogP contribution in [-0.2, 0) is 11.0 Å². The smallest absolute Gasteiger partial charge is 0.433 e. The summed E-state index contributed by atoms with van der Waals surface area (Å²) in [5.41, 5.74) is 4.62. The molecule has 3 rings (SSSR count). The van der Waals surface area contributed by atoms with E-state index in [1.54, 1.807) is 24.3 Å². The molecule has 0 aliphatic carbocycles. The van der Waals surface area contributed by atoms with Gasteiger partial charge in [-0.1, -0.05) is 23.9 Å². The molecule has 0 radical (unpaired) electrons. The van der Waals surface area contributed by atoms with Gasteiger partial charge in [0.15, 0.2) is 11.5 Å². The van der Waals surface area contributed by atoms with Crippen LogP contribution >= 0.6 is 11.8 Å². The number of primary amides is 1. The molecule has 2 aromatic rings. The number of rotatable bonds is 3. The standard InChI is InChI=1S/C15H11F3N4O2S/c1-24-10-6-9(15(16,17)18)21-13(22-10)11(12(19)23)14-20-7-4-2-3-5-8(7)25-14/h2-6,20H,1H3,(H2,19,23)/b14-11-. The molecule has 0 bridgehead atoms. The van der Waals surface area contributed by atoms with Crippen molar-refractivity contribution in [3.8, 4) is 5.88 Å². The maximum atomic E-state index is 13.0. The molecule has 130 valence electrons. The van der Waals surface area contributed by atoms with Gasteiger partial charge in [-0.3, -0.25) is 4.79 Å². The highest BCUT2D eigenvalue weighted by atomic mass is 32.2. The van der Waals surface area contributed by atoms with Gasteiger partial charge >= 0.3 is 6.18 Å². The molecule has 1 aliphatic rings. The fraction of sp³-hybridized carbons (Fsp3) is 0.133. The van der Waals surface area contributed by atoms with E-state index in [9.17, 15) is 18.0 Å². The normalized spacial score (nSPS) is 15.4. The van der Waals surface area contributed by atoms with Crippen molar-refractivity contribution in [2.45, 2.75) is 11.1 Å². The number of alkyl halides is 3. The highest BCUT2D eigenvalue weighted by Crippen LogP contribution is 2.43. The van der Waals surface area contributed by atoms with E-state index in [1.165, 1.54) is 7.11 Å². The second-order valence-electron chi connectivity index (χ2n) is 4.91. The summed E-state index contributed by atoms with van der Waals surface area (Å²) in [5.74, 6) is -1.73. The van der Waals surface area contributed by atoms with E-state index >= 15 is 0 Å². The van der Waals surface area contributed by atoms with Crippen LogP contribution in [0.2, 0.25) is 0 Å². The number of nitrogens with two attached hydrogens (primary N) is 1. The van der Waals surface area contributed by atoms with Crippen molar-refractivity contribution in [1.29, 1.82) is 0 Å². The lowest BCUT2D eigenvalue weighted by atomic mass is 10.2. The summed E-state index contributed by atoms with van der Waals surface area (Å²) in [5, 5.41) is 3.21. The Morgan fingerprint density at radius 3 is 2.60 bits per heavy atom. The Bertz CT molecular complexity index is 856. The molecule has 3 N–H and O–H groups in total. The second kappa shape index (κ2) is 6.28. The Morgan fingerprint density at radius 2 is 2.00 bits per heavy atom. The zero-order chi connectivity index (χ0) is 18.2. The zero-order valence-corrected chi connectivity index (χ0v) is 13.5. The molecule has 0 spiro atoms. The third-order valence-corrected chi connectivity index (χ3v) is 4.33. The molecule has 25 heavy (non-hydrogen) atoms. The second-order valence-corrected chi connectivity index (χ2v) is 5.96. The summed E-state index contributed by atoms with van der Waals surface area (Å²) in [6.45, 7) is 0. The minimum absolute atomic E-state index is 0.245. The maximum Gasteiger partial charge on any atom is 0.433 e. The Hall–Kier alpha value is -2.75. The fourth-order valence-electron chi connectivity index (χ4n) is 2.14. The summed E-state index contributed by atoms with van der Waals surface area (Å²) in [6.07, 6.45) is -4.72. The van der Waals surface area contributed by atoms with Crippen LogP contribution in [0.1, 0.15) is 11.5 Å². The fourth-order valence-corrected chi connectivity index (χ4v) is 3.19. The number of carbonyl (C=O) groups is 1. The monoisotopic (exact) mass is 368 g/mol. The zero-order valence-electron chi connectivity index (χ0n) is 12.7. The molecule has 2 heterocycles. The largest absolute Gasteiger partial charge is 0.481 e. The van der Waals surface area contributed by atoms with Gasteiger partial charge in [0.25, 0.3) is 5.91 Å². The first-order valence-electron chi connectivity index (χ1n) is 6.88. The highest BCUT2D eigenvalue weighted by Gasteiger charge is 2.35. The van der Waals surface area contributed by atoms with Gasteiger partial charge in [0.1, 0.15) is 5.57 Å². The number of benzene rings is 1. The molecule has 1 amide bonds. The number of hydrogen-bond acceptors (Lipinski definition) is 6. The quantitative estimate of drug-likeness (QED) is 0.810. The van der Waals surface area contributed by atoms with Gasteiger partial charge in [-0.25, -0.2) is 4.98 Å². The molecule has 0 saturated carbocycles. The molecule has 0 fully saturated rings. The number of halogens is 3. The number of methoxy groups -OCH3 is 1. The molecule has 0 saturated heterocycles. The molecule has 0 atom stereocenters. The lowest BCUT2D eigenvalue weighted by Gasteiger charge is -2.12. The van der Waals surface area contributed by atoms with Crippen molar-refractivity contribution in [1.82, 2.24) is 9.97 Å². The molecule has 1 aliphatic heterocycles. The van der Waals surface area contributed by atoms with E-state index in [0.717, 1.165) is 16.7 Å². The molecular weight excluding hydrogens is 357 g/mol. The Balaban J connectivity index is 2.15. The van der Waals surface area contributed by atoms with Crippen molar-refractivity contribution in [2.75, 3.05) is 12.4 Å². The number of aromatic nitrogens is 2. The lowest BCUT2D eigenvalue weighted by Crippen LogP contribution is -2.20. The van der Waals surface area contributed by atoms with Gasteiger partial charge in [0.2, 0.25) is 5.88 Å². The first kappa shape index (κ1) is 17.1. The van der Waals surface area contributed by atoms with E-state index in [-0.39, 0.29) is 16.5 Å². The summed E-state index contributed by atoms with van der Waals surface area (Å²) in [7, 11) is 1.17. The van der Waals surface area contributed by atoms with E-state index in [4.69, 9.17) is 10.5 Å². The SMILES string of the molecule is COc1cc(C(F)(F)F)nc(/C(C(N)=O)=C2/Nc3ccccc3S2)n1. The number of nitrogens with zero attached hydrogens (tertiary/aromatic N) is 2. The van der Waals surface area contributed by atoms with Crippen molar-refractivity contribution < 1.29 is 22.7 Å². The van der Waals surface area contributed by atoms with E-state index in [2.05, 4.69) is 15.3 Å². The minimum Gasteiger partial charge on any atom is -0.481 e. The van der Waals surface area contributed by atoms with Crippen LogP contribution in [0.25, 0.3) is 5.57 Å². The predicted octanol–water partition coefficient (Wildman–Crippen LogP) is 2.88. The lowest BCUT2D eigenvalue weighted by molar-refractivity contribution is -0.141. The molecule has 0 unspecified atom stereocenters. The number of thioether (sulfide) groups is 1. The van der Waals surface area contributed by atoms with Crippen LogP contribution in [0.15, 0.2) is 40.3 Å². The first-order chi connectivity index (χ1) is 11.8. The van der Waals surface area contributed by atoms with Crippen LogP contribution < -0.4 is 15.8 Å². The average molecular weight is 368 g/mol. The molecule has 6 nitrogen and oxygen atoms in total. The number of carbonyl (C=O) groups excluding carboxylic acids is 1. The van der Waals surface area contributed by atoms with Crippen molar-refractivity contribution in [2.24, 2.45) is 5.73 Å². The third-order valence-electron chi connectivity index (χ3n) is 3.25. The Labute approximate surface area is 144 Å². The minimum atomic E-state index is -4.72. The van der Waals surface area contributed by atoms with Crippen LogP contribution in [0.5, 0.6) is 5.88 Å². The van der Waals surface area contributed by atoms with Gasteiger partial charge in [-0.2, -0.15) is 18.2 Å². The predicted molar refractivity (Wildman–Crippen MR) is 85.6 cm³/mol. The van der Waals surface area contributed by atoms with Gasteiger partial charge in [0, 0.05) is 11.0 Å². The molecular formula is C15H11F3N4O2S. The van der Waals surface area contributed by atoms with Crippen LogP contribution in [0, 0.1) is 0 Å². The summed E-state index contributed by atoms with van der Waals surface area (Å²) in [6, 6.07) is 7.79. The highest BCUT2D eigenvalue weighted by molar-refractivity contribution is 8.04. The van der Waals surface area contributed by atoms with Gasteiger partial charge in [-0.05, 0) is 12.1 Å². The number of fused-ring (bicyclic) bond motifs is 1. The van der Waals surface area contributed by atoms with Crippen molar-refractivity contribution in [3.63, 3.8) is 0 Å². The Kier molecular flexibility index (Phi) is 4.29. The van der Waals surface area contributed by atoms with Gasteiger partial charge in [0.05, 0.1) is 17.8 Å².